The monoisotopic (exact) mass is 237 g/mol. The van der Waals surface area contributed by atoms with Crippen LogP contribution < -0.4 is 0 Å². The first-order valence-corrected chi connectivity index (χ1v) is 6.99. The van der Waals surface area contributed by atoms with E-state index < -0.39 is 10.0 Å². The first-order chi connectivity index (χ1) is 6.79. The maximum atomic E-state index is 11.8. The van der Waals surface area contributed by atoms with Gasteiger partial charge in [0.15, 0.2) is 0 Å². The molecule has 0 bridgehead atoms. The molecule has 0 rings (SSSR count). The maximum Gasteiger partial charge on any atom is 0.216 e. The number of sulfonamides is 1. The van der Waals surface area contributed by atoms with Crippen LogP contribution in [0.25, 0.3) is 0 Å². The number of aliphatic hydroxyl groups is 1. The minimum Gasteiger partial charge on any atom is -0.395 e. The van der Waals surface area contributed by atoms with Crippen LogP contribution in [0.15, 0.2) is 0 Å². The summed E-state index contributed by atoms with van der Waals surface area (Å²) in [7, 11) is -3.28. The number of nitrogens with zero attached hydrogens (tertiary/aromatic N) is 1. The van der Waals surface area contributed by atoms with Gasteiger partial charge in [0.1, 0.15) is 0 Å². The first kappa shape index (κ1) is 14.9. The van der Waals surface area contributed by atoms with Gasteiger partial charge in [-0.1, -0.05) is 27.7 Å². The number of hydrogen-bond donors (Lipinski definition) is 1. The highest BCUT2D eigenvalue weighted by Crippen LogP contribution is 2.09. The van der Waals surface area contributed by atoms with Gasteiger partial charge in [-0.25, -0.2) is 12.7 Å². The summed E-state index contributed by atoms with van der Waals surface area (Å²) in [4.78, 5) is 0. The van der Waals surface area contributed by atoms with Crippen LogP contribution in [0.3, 0.4) is 0 Å². The van der Waals surface area contributed by atoms with E-state index in [1.807, 2.05) is 27.7 Å². The Morgan fingerprint density at radius 2 is 1.47 bits per heavy atom. The summed E-state index contributed by atoms with van der Waals surface area (Å²) in [6.45, 7) is 8.70. The van der Waals surface area contributed by atoms with Crippen LogP contribution in [0, 0.1) is 11.8 Å². The average Bonchev–Trinajstić information content (AvgIpc) is 2.00. The summed E-state index contributed by atoms with van der Waals surface area (Å²) in [6, 6.07) is 0. The number of aliphatic hydroxyl groups excluding tert-OH is 1. The molecule has 0 saturated carbocycles. The van der Waals surface area contributed by atoms with E-state index in [1.54, 1.807) is 0 Å². The molecule has 0 unspecified atom stereocenters. The highest BCUT2D eigenvalue weighted by molar-refractivity contribution is 7.89. The predicted octanol–water partition coefficient (Wildman–Crippen LogP) is 0.922. The largest absolute Gasteiger partial charge is 0.395 e. The second kappa shape index (κ2) is 6.45. The normalized spacial score (nSPS) is 13.1. The second-order valence-corrected chi connectivity index (χ2v) is 6.73. The summed E-state index contributed by atoms with van der Waals surface area (Å²) in [5, 5.41) is 8.71. The lowest BCUT2D eigenvalue weighted by Gasteiger charge is -2.25. The molecule has 0 aromatic heterocycles. The summed E-state index contributed by atoms with van der Waals surface area (Å²) >= 11 is 0. The van der Waals surface area contributed by atoms with E-state index in [1.165, 1.54) is 4.31 Å². The molecule has 1 N–H and O–H groups in total. The molecule has 0 saturated heterocycles. The maximum absolute atomic E-state index is 11.8. The highest BCUT2D eigenvalue weighted by atomic mass is 32.2. The van der Waals surface area contributed by atoms with Gasteiger partial charge in [0, 0.05) is 13.1 Å². The van der Waals surface area contributed by atoms with E-state index in [4.69, 9.17) is 5.11 Å². The molecule has 0 aromatic carbocycles. The smallest absolute Gasteiger partial charge is 0.216 e. The Bertz CT molecular complexity index is 250. The third-order valence-corrected chi connectivity index (χ3v) is 3.66. The van der Waals surface area contributed by atoms with Crippen molar-refractivity contribution in [1.29, 1.82) is 0 Å². The van der Waals surface area contributed by atoms with Crippen LogP contribution in [-0.2, 0) is 10.0 Å². The van der Waals surface area contributed by atoms with Crippen LogP contribution in [0.5, 0.6) is 0 Å². The fourth-order valence-electron chi connectivity index (χ4n) is 1.36. The zero-order valence-electron chi connectivity index (χ0n) is 10.1. The summed E-state index contributed by atoms with van der Waals surface area (Å²) in [5.41, 5.74) is 0. The molecule has 0 spiro atoms. The summed E-state index contributed by atoms with van der Waals surface area (Å²) in [5.74, 6) is 0.432. The lowest BCUT2D eigenvalue weighted by atomic mass is 10.2. The Labute approximate surface area is 93.3 Å². The Morgan fingerprint density at radius 3 is 1.73 bits per heavy atom. The summed E-state index contributed by atoms with van der Waals surface area (Å²) < 4.78 is 25.0. The molecule has 0 aromatic rings. The molecule has 92 valence electrons. The van der Waals surface area contributed by atoms with Crippen molar-refractivity contribution in [3.05, 3.63) is 0 Å². The van der Waals surface area contributed by atoms with Crippen molar-refractivity contribution in [2.45, 2.75) is 27.7 Å². The zero-order chi connectivity index (χ0) is 12.1. The molecule has 0 atom stereocenters. The van der Waals surface area contributed by atoms with Crippen molar-refractivity contribution in [2.75, 3.05) is 25.4 Å². The Morgan fingerprint density at radius 1 is 1.07 bits per heavy atom. The molecule has 0 amide bonds. The number of rotatable bonds is 7. The third kappa shape index (κ3) is 6.12. The molecule has 0 aliphatic rings. The first-order valence-electron chi connectivity index (χ1n) is 5.38. The molecule has 0 heterocycles. The van der Waals surface area contributed by atoms with Crippen molar-refractivity contribution in [3.8, 4) is 0 Å². The van der Waals surface area contributed by atoms with Crippen LogP contribution in [-0.4, -0.2) is 43.3 Å². The Balaban J connectivity index is 4.61. The van der Waals surface area contributed by atoms with Crippen molar-refractivity contribution in [2.24, 2.45) is 11.8 Å². The fourth-order valence-corrected chi connectivity index (χ4v) is 2.90. The van der Waals surface area contributed by atoms with Gasteiger partial charge in [-0.2, -0.15) is 0 Å². The van der Waals surface area contributed by atoms with Crippen LogP contribution in [0.4, 0.5) is 0 Å². The predicted molar refractivity (Wildman–Crippen MR) is 62.1 cm³/mol. The lowest BCUT2D eigenvalue weighted by molar-refractivity contribution is 0.303. The molecule has 0 aliphatic heterocycles. The van der Waals surface area contributed by atoms with Crippen molar-refractivity contribution in [1.82, 2.24) is 4.31 Å². The fraction of sp³-hybridized carbons (Fsp3) is 1.00. The quantitative estimate of drug-likeness (QED) is 0.716. The topological polar surface area (TPSA) is 57.6 Å². The SMILES string of the molecule is CC(C)CN(CC(C)C)S(=O)(=O)CCO. The van der Waals surface area contributed by atoms with Gasteiger partial charge in [0.2, 0.25) is 10.0 Å². The third-order valence-electron chi connectivity index (χ3n) is 1.88. The minimum absolute atomic E-state index is 0.174. The van der Waals surface area contributed by atoms with Crippen molar-refractivity contribution >= 4 is 10.0 Å². The van der Waals surface area contributed by atoms with Crippen LogP contribution in [0.2, 0.25) is 0 Å². The van der Waals surface area contributed by atoms with Gasteiger partial charge in [0.25, 0.3) is 0 Å². The Kier molecular flexibility index (Phi) is 6.40. The lowest BCUT2D eigenvalue weighted by Crippen LogP contribution is -2.39. The molecular formula is C10H23NO3S. The van der Waals surface area contributed by atoms with Gasteiger partial charge >= 0.3 is 0 Å². The van der Waals surface area contributed by atoms with Gasteiger partial charge in [-0.15, -0.1) is 0 Å². The molecule has 0 fully saturated rings. The van der Waals surface area contributed by atoms with Gasteiger partial charge in [0.05, 0.1) is 12.4 Å². The molecular weight excluding hydrogens is 214 g/mol. The second-order valence-electron chi connectivity index (χ2n) is 4.64. The zero-order valence-corrected chi connectivity index (χ0v) is 10.9. The number of hydrogen-bond acceptors (Lipinski definition) is 3. The van der Waals surface area contributed by atoms with E-state index in [9.17, 15) is 8.42 Å². The molecule has 4 nitrogen and oxygen atoms in total. The van der Waals surface area contributed by atoms with Gasteiger partial charge in [-0.3, -0.25) is 0 Å². The minimum atomic E-state index is -3.28. The van der Waals surface area contributed by atoms with Crippen LogP contribution in [0.1, 0.15) is 27.7 Å². The highest BCUT2D eigenvalue weighted by Gasteiger charge is 2.22. The summed E-state index contributed by atoms with van der Waals surface area (Å²) in [6.07, 6.45) is 0. The average molecular weight is 237 g/mol. The Hall–Kier alpha value is -0.130. The molecule has 0 radical (unpaired) electrons. The molecule has 15 heavy (non-hydrogen) atoms. The van der Waals surface area contributed by atoms with E-state index in [-0.39, 0.29) is 12.4 Å². The van der Waals surface area contributed by atoms with E-state index in [0.717, 1.165) is 0 Å². The van der Waals surface area contributed by atoms with E-state index >= 15 is 0 Å². The molecule has 5 heteroatoms. The van der Waals surface area contributed by atoms with Crippen molar-refractivity contribution < 1.29 is 13.5 Å². The van der Waals surface area contributed by atoms with Gasteiger partial charge in [-0.05, 0) is 11.8 Å². The molecule has 0 aliphatic carbocycles. The van der Waals surface area contributed by atoms with E-state index in [2.05, 4.69) is 0 Å². The van der Waals surface area contributed by atoms with E-state index in [0.29, 0.717) is 24.9 Å². The van der Waals surface area contributed by atoms with Crippen LogP contribution >= 0.6 is 0 Å². The van der Waals surface area contributed by atoms with Gasteiger partial charge < -0.3 is 5.11 Å². The van der Waals surface area contributed by atoms with Crippen molar-refractivity contribution in [3.63, 3.8) is 0 Å². The standard InChI is InChI=1S/C10H23NO3S/c1-9(2)7-11(8-10(3)4)15(13,14)6-5-12/h9-10,12H,5-8H2,1-4H3.